The summed E-state index contributed by atoms with van der Waals surface area (Å²) in [5, 5.41) is 0. The van der Waals surface area contributed by atoms with Crippen LogP contribution in [0.25, 0.3) is 0 Å². The fourth-order valence-corrected chi connectivity index (χ4v) is 2.64. The number of alkyl halides is 3. The second kappa shape index (κ2) is 6.70. The Morgan fingerprint density at radius 1 is 0.808 bits per heavy atom. The first-order chi connectivity index (χ1) is 12.2. The van der Waals surface area contributed by atoms with Gasteiger partial charge in [0.2, 0.25) is 11.8 Å². The lowest BCUT2D eigenvalue weighted by atomic mass is 10.1. The Morgan fingerprint density at radius 2 is 1.23 bits per heavy atom. The summed E-state index contributed by atoms with van der Waals surface area (Å²) >= 11 is 0. The molecule has 3 rings (SSSR count). The monoisotopic (exact) mass is 364 g/mol. The average Bonchev–Trinajstić information content (AvgIpc) is 2.57. The molecule has 1 heterocycles. The van der Waals surface area contributed by atoms with Crippen LogP contribution in [0.15, 0.2) is 48.5 Å². The van der Waals surface area contributed by atoms with Crippen LogP contribution in [-0.2, 0) is 9.59 Å². The summed E-state index contributed by atoms with van der Waals surface area (Å²) in [4.78, 5) is 27.5. The summed E-state index contributed by atoms with van der Waals surface area (Å²) in [6.07, 6.45) is -4.78. The normalized spacial score (nSPS) is 15.4. The summed E-state index contributed by atoms with van der Waals surface area (Å²) in [5.74, 6) is -0.989. The molecule has 0 N–H and O–H groups in total. The van der Waals surface area contributed by atoms with Crippen molar-refractivity contribution < 1.29 is 27.5 Å². The molecule has 0 radical (unpaired) electrons. The molecular formula is C18H15F3N2O3. The minimum Gasteiger partial charge on any atom is -0.406 e. The molecule has 26 heavy (non-hydrogen) atoms. The van der Waals surface area contributed by atoms with Gasteiger partial charge in [-0.1, -0.05) is 17.7 Å². The van der Waals surface area contributed by atoms with Gasteiger partial charge in [-0.25, -0.2) is 0 Å². The third-order valence-corrected chi connectivity index (χ3v) is 3.92. The molecule has 1 aliphatic heterocycles. The van der Waals surface area contributed by atoms with E-state index in [-0.39, 0.29) is 24.9 Å². The van der Waals surface area contributed by atoms with Gasteiger partial charge in [0.05, 0.1) is 0 Å². The number of carbonyl (C=O) groups is 2. The molecular weight excluding hydrogens is 349 g/mol. The van der Waals surface area contributed by atoms with Gasteiger partial charge in [0, 0.05) is 11.4 Å². The molecule has 0 atom stereocenters. The lowest BCUT2D eigenvalue weighted by molar-refractivity contribution is -0.274. The SMILES string of the molecule is Cc1ccc(N2CC(=O)N(c3ccc(OC(F)(F)F)cc3)CC2=O)cc1. The summed E-state index contributed by atoms with van der Waals surface area (Å²) < 4.78 is 40.4. The number of amides is 2. The molecule has 0 spiro atoms. The quantitative estimate of drug-likeness (QED) is 0.840. The second-order valence-corrected chi connectivity index (χ2v) is 5.84. The molecule has 2 aromatic rings. The van der Waals surface area contributed by atoms with E-state index < -0.39 is 12.1 Å². The molecule has 0 aliphatic carbocycles. The molecule has 0 aromatic heterocycles. The maximum Gasteiger partial charge on any atom is 0.573 e. The van der Waals surface area contributed by atoms with Crippen molar-refractivity contribution in [2.24, 2.45) is 0 Å². The zero-order valence-corrected chi connectivity index (χ0v) is 13.8. The van der Waals surface area contributed by atoms with Crippen LogP contribution < -0.4 is 14.5 Å². The number of aryl methyl sites for hydroxylation is 1. The summed E-state index contributed by atoms with van der Waals surface area (Å²) in [6, 6.07) is 12.1. The van der Waals surface area contributed by atoms with E-state index in [1.807, 2.05) is 19.1 Å². The Hall–Kier alpha value is -3.03. The minimum atomic E-state index is -4.78. The number of piperazine rings is 1. The Balaban J connectivity index is 1.74. The first-order valence-electron chi connectivity index (χ1n) is 7.76. The van der Waals surface area contributed by atoms with Crippen molar-refractivity contribution in [3.8, 4) is 5.75 Å². The van der Waals surface area contributed by atoms with E-state index >= 15 is 0 Å². The van der Waals surface area contributed by atoms with Crippen LogP contribution in [-0.4, -0.2) is 31.3 Å². The van der Waals surface area contributed by atoms with Crippen molar-refractivity contribution >= 4 is 23.2 Å². The molecule has 1 saturated heterocycles. The zero-order valence-electron chi connectivity index (χ0n) is 13.8. The molecule has 1 fully saturated rings. The maximum absolute atomic E-state index is 12.4. The smallest absolute Gasteiger partial charge is 0.406 e. The van der Waals surface area contributed by atoms with Gasteiger partial charge in [0.15, 0.2) is 0 Å². The molecule has 2 aromatic carbocycles. The van der Waals surface area contributed by atoms with E-state index in [2.05, 4.69) is 4.74 Å². The standard InChI is InChI=1S/C18H15F3N2O3/c1-12-2-4-13(5-3-12)22-10-17(25)23(11-16(22)24)14-6-8-15(9-7-14)26-18(19,20)21/h2-9H,10-11H2,1H3. The van der Waals surface area contributed by atoms with Gasteiger partial charge < -0.3 is 14.5 Å². The van der Waals surface area contributed by atoms with Crippen molar-refractivity contribution in [3.05, 3.63) is 54.1 Å². The van der Waals surface area contributed by atoms with Crippen molar-refractivity contribution in [1.82, 2.24) is 0 Å². The minimum absolute atomic E-state index is 0.136. The predicted molar refractivity (Wildman–Crippen MR) is 89.0 cm³/mol. The van der Waals surface area contributed by atoms with Crippen LogP contribution in [0.1, 0.15) is 5.56 Å². The lowest BCUT2D eigenvalue weighted by Gasteiger charge is -2.34. The molecule has 0 bridgehead atoms. The Bertz CT molecular complexity index is 817. The zero-order chi connectivity index (χ0) is 18.9. The van der Waals surface area contributed by atoms with Gasteiger partial charge in [0.1, 0.15) is 18.8 Å². The molecule has 0 unspecified atom stereocenters. The second-order valence-electron chi connectivity index (χ2n) is 5.84. The molecule has 1 aliphatic rings. The Morgan fingerprint density at radius 3 is 1.65 bits per heavy atom. The number of hydrogen-bond acceptors (Lipinski definition) is 3. The van der Waals surface area contributed by atoms with Crippen molar-refractivity contribution in [1.29, 1.82) is 0 Å². The fraction of sp³-hybridized carbons (Fsp3) is 0.222. The summed E-state index contributed by atoms with van der Waals surface area (Å²) in [5.41, 5.74) is 2.00. The van der Waals surface area contributed by atoms with Crippen molar-refractivity contribution in [2.75, 3.05) is 22.9 Å². The highest BCUT2D eigenvalue weighted by Crippen LogP contribution is 2.27. The Labute approximate surface area is 147 Å². The largest absolute Gasteiger partial charge is 0.573 e. The van der Waals surface area contributed by atoms with Gasteiger partial charge in [-0.05, 0) is 43.3 Å². The third-order valence-electron chi connectivity index (χ3n) is 3.92. The molecule has 2 amide bonds. The number of benzene rings is 2. The van der Waals surface area contributed by atoms with Gasteiger partial charge in [-0.2, -0.15) is 0 Å². The maximum atomic E-state index is 12.4. The van der Waals surface area contributed by atoms with E-state index in [9.17, 15) is 22.8 Å². The van der Waals surface area contributed by atoms with Crippen LogP contribution in [0.5, 0.6) is 5.75 Å². The van der Waals surface area contributed by atoms with Crippen LogP contribution in [0.2, 0.25) is 0 Å². The number of carbonyl (C=O) groups excluding carboxylic acids is 2. The number of anilines is 2. The first-order valence-corrected chi connectivity index (χ1v) is 7.76. The van der Waals surface area contributed by atoms with Crippen molar-refractivity contribution in [2.45, 2.75) is 13.3 Å². The van der Waals surface area contributed by atoms with Gasteiger partial charge in [-0.15, -0.1) is 13.2 Å². The number of rotatable bonds is 3. The predicted octanol–water partition coefficient (Wildman–Crippen LogP) is 3.27. The molecule has 8 heteroatoms. The van der Waals surface area contributed by atoms with Crippen LogP contribution in [0.3, 0.4) is 0 Å². The van der Waals surface area contributed by atoms with E-state index in [1.165, 1.54) is 21.9 Å². The van der Waals surface area contributed by atoms with Crippen molar-refractivity contribution in [3.63, 3.8) is 0 Å². The Kier molecular flexibility index (Phi) is 4.58. The van der Waals surface area contributed by atoms with E-state index in [1.54, 1.807) is 12.1 Å². The number of nitrogens with zero attached hydrogens (tertiary/aromatic N) is 2. The highest BCUT2D eigenvalue weighted by atomic mass is 19.4. The van der Waals surface area contributed by atoms with Gasteiger partial charge in [-0.3, -0.25) is 9.59 Å². The third kappa shape index (κ3) is 3.96. The van der Waals surface area contributed by atoms with Crippen LogP contribution >= 0.6 is 0 Å². The number of ether oxygens (including phenoxy) is 1. The number of hydrogen-bond donors (Lipinski definition) is 0. The molecule has 136 valence electrons. The fourth-order valence-electron chi connectivity index (χ4n) is 2.64. The summed E-state index contributed by atoms with van der Waals surface area (Å²) in [6.45, 7) is 1.59. The van der Waals surface area contributed by atoms with Crippen LogP contribution in [0, 0.1) is 6.92 Å². The highest BCUT2D eigenvalue weighted by molar-refractivity contribution is 6.12. The average molecular weight is 364 g/mol. The lowest BCUT2D eigenvalue weighted by Crippen LogP contribution is -2.54. The van der Waals surface area contributed by atoms with E-state index in [0.717, 1.165) is 17.7 Å². The molecule has 5 nitrogen and oxygen atoms in total. The molecule has 0 saturated carbocycles. The van der Waals surface area contributed by atoms with E-state index in [0.29, 0.717) is 11.4 Å². The number of halogens is 3. The topological polar surface area (TPSA) is 49.9 Å². The van der Waals surface area contributed by atoms with Crippen LogP contribution in [0.4, 0.5) is 24.5 Å². The van der Waals surface area contributed by atoms with E-state index in [4.69, 9.17) is 0 Å². The highest BCUT2D eigenvalue weighted by Gasteiger charge is 2.33. The van der Waals surface area contributed by atoms with Gasteiger partial charge in [0.25, 0.3) is 0 Å². The summed E-state index contributed by atoms with van der Waals surface area (Å²) in [7, 11) is 0. The van der Waals surface area contributed by atoms with Gasteiger partial charge >= 0.3 is 6.36 Å². The first kappa shape index (κ1) is 17.8.